The van der Waals surface area contributed by atoms with E-state index in [1.54, 1.807) is 12.1 Å². The standard InChI is InChI=1S/C16H24FN3S/c1-15(2)9-13(10-16(3,4)20-15)19-14(21)18-12-7-5-6-11(17)8-12/h5-8,13,20H,9-10H2,1-4H3,(H2,18,19,21)/p+1. The molecule has 2 rings (SSSR count). The first-order valence-electron chi connectivity index (χ1n) is 7.35. The molecule has 0 bridgehead atoms. The number of thiocarbonyl (C=S) groups is 1. The fourth-order valence-corrected chi connectivity index (χ4v) is 3.82. The lowest BCUT2D eigenvalue weighted by atomic mass is 9.80. The third kappa shape index (κ3) is 4.93. The van der Waals surface area contributed by atoms with E-state index in [9.17, 15) is 4.39 Å². The molecule has 0 atom stereocenters. The number of nitrogens with one attached hydrogen (secondary N) is 2. The van der Waals surface area contributed by atoms with Crippen molar-refractivity contribution in [1.29, 1.82) is 0 Å². The van der Waals surface area contributed by atoms with Crippen molar-refractivity contribution in [2.24, 2.45) is 0 Å². The SMILES string of the molecule is CC1(C)CC(NC(=S)Nc2cccc(F)c2)CC(C)(C)[NH2+]1. The Morgan fingerprint density at radius 2 is 1.86 bits per heavy atom. The largest absolute Gasteiger partial charge is 0.359 e. The number of halogens is 1. The van der Waals surface area contributed by atoms with Crippen molar-refractivity contribution in [3.05, 3.63) is 30.1 Å². The number of anilines is 1. The topological polar surface area (TPSA) is 40.7 Å². The number of nitrogens with two attached hydrogens (primary N) is 1. The van der Waals surface area contributed by atoms with Gasteiger partial charge in [0, 0.05) is 24.6 Å². The van der Waals surface area contributed by atoms with Gasteiger partial charge in [0.05, 0.1) is 11.1 Å². The van der Waals surface area contributed by atoms with Crippen LogP contribution in [0.3, 0.4) is 0 Å². The third-order valence-electron chi connectivity index (χ3n) is 3.74. The molecule has 1 heterocycles. The minimum absolute atomic E-state index is 0.188. The van der Waals surface area contributed by atoms with Crippen LogP contribution in [0.2, 0.25) is 0 Å². The quantitative estimate of drug-likeness (QED) is 0.735. The Kier molecular flexibility index (Phi) is 4.54. The molecule has 1 aliphatic rings. The molecule has 0 spiro atoms. The molecule has 1 fully saturated rings. The van der Waals surface area contributed by atoms with Gasteiger partial charge in [-0.1, -0.05) is 6.07 Å². The molecule has 0 radical (unpaired) electrons. The van der Waals surface area contributed by atoms with E-state index in [2.05, 4.69) is 43.6 Å². The van der Waals surface area contributed by atoms with Gasteiger partial charge in [0.25, 0.3) is 0 Å². The zero-order valence-corrected chi connectivity index (χ0v) is 14.0. The predicted molar refractivity (Wildman–Crippen MR) is 88.9 cm³/mol. The summed E-state index contributed by atoms with van der Waals surface area (Å²) in [6, 6.07) is 6.66. The summed E-state index contributed by atoms with van der Waals surface area (Å²) in [6.45, 7) is 9.02. The highest BCUT2D eigenvalue weighted by atomic mass is 32.1. The summed E-state index contributed by atoms with van der Waals surface area (Å²) in [5.41, 5.74) is 1.05. The van der Waals surface area contributed by atoms with Crippen molar-refractivity contribution in [1.82, 2.24) is 5.32 Å². The van der Waals surface area contributed by atoms with Crippen molar-refractivity contribution >= 4 is 23.0 Å². The van der Waals surface area contributed by atoms with E-state index < -0.39 is 0 Å². The van der Waals surface area contributed by atoms with Crippen LogP contribution in [0.5, 0.6) is 0 Å². The van der Waals surface area contributed by atoms with E-state index in [0.29, 0.717) is 16.8 Å². The first-order valence-corrected chi connectivity index (χ1v) is 7.76. The van der Waals surface area contributed by atoms with Crippen molar-refractivity contribution in [3.63, 3.8) is 0 Å². The number of hydrogen-bond donors (Lipinski definition) is 3. The fourth-order valence-electron chi connectivity index (χ4n) is 3.54. The molecule has 0 aromatic heterocycles. The van der Waals surface area contributed by atoms with Gasteiger partial charge in [0.1, 0.15) is 5.82 Å². The van der Waals surface area contributed by atoms with E-state index in [1.807, 2.05) is 0 Å². The molecular formula is C16H25FN3S+. The molecule has 0 unspecified atom stereocenters. The first-order chi connectivity index (χ1) is 9.65. The van der Waals surface area contributed by atoms with Crippen molar-refractivity contribution in [3.8, 4) is 0 Å². The molecule has 3 nitrogen and oxygen atoms in total. The summed E-state index contributed by atoms with van der Waals surface area (Å²) >= 11 is 5.36. The van der Waals surface area contributed by atoms with E-state index in [-0.39, 0.29) is 16.9 Å². The fraction of sp³-hybridized carbons (Fsp3) is 0.562. The Morgan fingerprint density at radius 3 is 2.43 bits per heavy atom. The van der Waals surface area contributed by atoms with Crippen LogP contribution in [0.4, 0.5) is 10.1 Å². The van der Waals surface area contributed by atoms with Gasteiger partial charge < -0.3 is 16.0 Å². The Morgan fingerprint density at radius 1 is 1.24 bits per heavy atom. The average molecular weight is 310 g/mol. The van der Waals surface area contributed by atoms with Crippen LogP contribution >= 0.6 is 12.2 Å². The molecule has 1 saturated heterocycles. The zero-order valence-electron chi connectivity index (χ0n) is 13.2. The monoisotopic (exact) mass is 310 g/mol. The average Bonchev–Trinajstić information content (AvgIpc) is 2.23. The molecule has 0 saturated carbocycles. The van der Waals surface area contributed by atoms with Gasteiger partial charge in [-0.3, -0.25) is 0 Å². The maximum Gasteiger partial charge on any atom is 0.171 e. The smallest absolute Gasteiger partial charge is 0.171 e. The highest BCUT2D eigenvalue weighted by Gasteiger charge is 2.41. The number of benzene rings is 1. The van der Waals surface area contributed by atoms with Crippen molar-refractivity contribution < 1.29 is 9.71 Å². The van der Waals surface area contributed by atoms with Crippen LogP contribution in [0.25, 0.3) is 0 Å². The molecule has 1 aromatic carbocycles. The minimum atomic E-state index is -0.266. The normalized spacial score (nSPS) is 20.8. The maximum absolute atomic E-state index is 13.2. The molecule has 4 N–H and O–H groups in total. The highest BCUT2D eigenvalue weighted by molar-refractivity contribution is 7.80. The molecule has 0 aliphatic carbocycles. The van der Waals surface area contributed by atoms with Gasteiger partial charge >= 0.3 is 0 Å². The number of hydrogen-bond acceptors (Lipinski definition) is 1. The number of quaternary nitrogens is 1. The number of piperidine rings is 1. The van der Waals surface area contributed by atoms with Gasteiger partial charge in [-0.25, -0.2) is 4.39 Å². The van der Waals surface area contributed by atoms with E-state index in [1.165, 1.54) is 12.1 Å². The second-order valence-corrected chi connectivity index (χ2v) is 7.74. The van der Waals surface area contributed by atoms with Gasteiger partial charge in [-0.05, 0) is 58.1 Å². The first kappa shape index (κ1) is 16.2. The molecule has 1 aromatic rings. The summed E-state index contributed by atoms with van der Waals surface area (Å²) in [5.74, 6) is -0.266. The van der Waals surface area contributed by atoms with Crippen LogP contribution in [-0.4, -0.2) is 22.2 Å². The molecule has 21 heavy (non-hydrogen) atoms. The predicted octanol–water partition coefficient (Wildman–Crippen LogP) is 2.40. The van der Waals surface area contributed by atoms with Crippen LogP contribution in [0.1, 0.15) is 40.5 Å². The Bertz CT molecular complexity index is 512. The molecular weight excluding hydrogens is 285 g/mol. The van der Waals surface area contributed by atoms with Gasteiger partial charge in [0.15, 0.2) is 5.11 Å². The lowest BCUT2D eigenvalue weighted by Crippen LogP contribution is -3.06. The summed E-state index contributed by atoms with van der Waals surface area (Å²) in [4.78, 5) is 0. The van der Waals surface area contributed by atoms with Crippen LogP contribution in [-0.2, 0) is 0 Å². The van der Waals surface area contributed by atoms with Crippen LogP contribution in [0.15, 0.2) is 24.3 Å². The summed E-state index contributed by atoms with van der Waals surface area (Å²) in [7, 11) is 0. The van der Waals surface area contributed by atoms with Crippen molar-refractivity contribution in [2.75, 3.05) is 5.32 Å². The molecule has 116 valence electrons. The lowest BCUT2D eigenvalue weighted by molar-refractivity contribution is -0.787. The molecule has 1 aliphatic heterocycles. The Hall–Kier alpha value is -1.20. The zero-order chi connectivity index (χ0) is 15.7. The van der Waals surface area contributed by atoms with Gasteiger partial charge in [0.2, 0.25) is 0 Å². The van der Waals surface area contributed by atoms with E-state index in [0.717, 1.165) is 12.8 Å². The van der Waals surface area contributed by atoms with Crippen LogP contribution in [0, 0.1) is 5.82 Å². The van der Waals surface area contributed by atoms with E-state index in [4.69, 9.17) is 12.2 Å². The highest BCUT2D eigenvalue weighted by Crippen LogP contribution is 2.22. The van der Waals surface area contributed by atoms with Crippen molar-refractivity contribution in [2.45, 2.75) is 57.7 Å². The molecule has 5 heteroatoms. The van der Waals surface area contributed by atoms with Crippen LogP contribution < -0.4 is 16.0 Å². The lowest BCUT2D eigenvalue weighted by Gasteiger charge is -2.43. The molecule has 0 amide bonds. The number of rotatable bonds is 2. The second kappa shape index (κ2) is 5.89. The summed E-state index contributed by atoms with van der Waals surface area (Å²) < 4.78 is 13.2. The third-order valence-corrected chi connectivity index (χ3v) is 3.96. The Labute approximate surface area is 131 Å². The van der Waals surface area contributed by atoms with E-state index >= 15 is 0 Å². The summed E-state index contributed by atoms with van der Waals surface area (Å²) in [5, 5.41) is 9.42. The summed E-state index contributed by atoms with van der Waals surface area (Å²) in [6.07, 6.45) is 2.09. The Balaban J connectivity index is 1.96. The maximum atomic E-state index is 13.2. The second-order valence-electron chi connectivity index (χ2n) is 7.34. The van der Waals surface area contributed by atoms with Gasteiger partial charge in [-0.15, -0.1) is 0 Å². The minimum Gasteiger partial charge on any atom is -0.359 e. The van der Waals surface area contributed by atoms with Gasteiger partial charge in [-0.2, -0.15) is 0 Å².